The zero-order valence-corrected chi connectivity index (χ0v) is 14.3. The van der Waals surface area contributed by atoms with Crippen LogP contribution in [0.25, 0.3) is 0 Å². The first kappa shape index (κ1) is 18.0. The molecule has 0 aromatic carbocycles. The molecule has 1 fully saturated rings. The van der Waals surface area contributed by atoms with Crippen molar-refractivity contribution in [3.63, 3.8) is 0 Å². The van der Waals surface area contributed by atoms with Crippen molar-refractivity contribution in [2.45, 2.75) is 26.7 Å². The van der Waals surface area contributed by atoms with E-state index in [-0.39, 0.29) is 30.2 Å². The second-order valence-electron chi connectivity index (χ2n) is 5.88. The molecule has 1 aliphatic heterocycles. The highest BCUT2D eigenvalue weighted by atomic mass is 16.3. The van der Waals surface area contributed by atoms with Crippen molar-refractivity contribution < 1.29 is 18.8 Å². The fraction of sp³-hybridized carbons (Fsp3) is 0.588. The molecular weight excluding hydrogens is 310 g/mol. The lowest BCUT2D eigenvalue weighted by molar-refractivity contribution is -0.135. The minimum Gasteiger partial charge on any atom is -0.459 e. The van der Waals surface area contributed by atoms with Gasteiger partial charge in [0, 0.05) is 32.1 Å². The van der Waals surface area contributed by atoms with Gasteiger partial charge in [-0.3, -0.25) is 14.4 Å². The molecule has 0 radical (unpaired) electrons. The van der Waals surface area contributed by atoms with Gasteiger partial charge in [-0.05, 0) is 25.0 Å². The summed E-state index contributed by atoms with van der Waals surface area (Å²) in [5, 5.41) is 2.71. The van der Waals surface area contributed by atoms with E-state index in [1.165, 1.54) is 6.26 Å². The molecule has 132 valence electrons. The maximum Gasteiger partial charge on any atom is 0.289 e. The Morgan fingerprint density at radius 3 is 2.29 bits per heavy atom. The smallest absolute Gasteiger partial charge is 0.289 e. The van der Waals surface area contributed by atoms with Gasteiger partial charge in [0.2, 0.25) is 11.8 Å². The Labute approximate surface area is 142 Å². The minimum atomic E-state index is -0.158. The number of carbonyl (C=O) groups excluding carboxylic acids is 3. The van der Waals surface area contributed by atoms with Gasteiger partial charge in [-0.15, -0.1) is 0 Å². The van der Waals surface area contributed by atoms with Crippen LogP contribution in [-0.4, -0.2) is 60.2 Å². The third kappa shape index (κ3) is 4.37. The Bertz CT molecular complexity index is 558. The molecule has 1 aromatic heterocycles. The van der Waals surface area contributed by atoms with Crippen molar-refractivity contribution in [1.82, 2.24) is 15.1 Å². The predicted octanol–water partition coefficient (Wildman–Crippen LogP) is 1.12. The van der Waals surface area contributed by atoms with Crippen LogP contribution in [0.4, 0.5) is 0 Å². The molecule has 3 amide bonds. The van der Waals surface area contributed by atoms with E-state index >= 15 is 0 Å². The van der Waals surface area contributed by atoms with Gasteiger partial charge in [0.05, 0.1) is 12.8 Å². The van der Waals surface area contributed by atoms with E-state index in [1.807, 2.05) is 13.8 Å². The molecule has 0 unspecified atom stereocenters. The number of nitrogens with one attached hydrogen (secondary N) is 1. The normalized spacial score (nSPS) is 14.8. The molecule has 1 saturated heterocycles. The van der Waals surface area contributed by atoms with Gasteiger partial charge in [0.25, 0.3) is 5.91 Å². The summed E-state index contributed by atoms with van der Waals surface area (Å²) in [6, 6.07) is 3.31. The van der Waals surface area contributed by atoms with E-state index in [0.29, 0.717) is 31.9 Å². The van der Waals surface area contributed by atoms with E-state index in [2.05, 4.69) is 5.32 Å². The fourth-order valence-corrected chi connectivity index (χ4v) is 2.79. The molecular formula is C17H25N3O4. The highest BCUT2D eigenvalue weighted by Crippen LogP contribution is 2.10. The van der Waals surface area contributed by atoms with Crippen molar-refractivity contribution in [2.75, 3.05) is 32.7 Å². The summed E-state index contributed by atoms with van der Waals surface area (Å²) in [5.74, 6) is -0.0682. The number of nitrogens with zero attached hydrogens (tertiary/aromatic N) is 2. The van der Waals surface area contributed by atoms with Gasteiger partial charge in [-0.1, -0.05) is 13.8 Å². The lowest BCUT2D eigenvalue weighted by atomic mass is 10.0. The van der Waals surface area contributed by atoms with Crippen LogP contribution < -0.4 is 5.32 Å². The second kappa shape index (κ2) is 8.52. The van der Waals surface area contributed by atoms with Gasteiger partial charge in [0.1, 0.15) is 0 Å². The molecule has 24 heavy (non-hydrogen) atoms. The van der Waals surface area contributed by atoms with E-state index in [9.17, 15) is 14.4 Å². The SMILES string of the molecule is CCC(CC)C(=O)NCC(=O)N1CCN(C(=O)c2ccco2)CC1. The van der Waals surface area contributed by atoms with Crippen molar-refractivity contribution in [3.05, 3.63) is 24.2 Å². The quantitative estimate of drug-likeness (QED) is 0.844. The van der Waals surface area contributed by atoms with Crippen molar-refractivity contribution in [3.8, 4) is 0 Å². The summed E-state index contributed by atoms with van der Waals surface area (Å²) >= 11 is 0. The van der Waals surface area contributed by atoms with E-state index < -0.39 is 0 Å². The summed E-state index contributed by atoms with van der Waals surface area (Å²) in [7, 11) is 0. The predicted molar refractivity (Wildman–Crippen MR) is 88.3 cm³/mol. The summed E-state index contributed by atoms with van der Waals surface area (Å²) in [5.41, 5.74) is 0. The van der Waals surface area contributed by atoms with E-state index in [0.717, 1.165) is 12.8 Å². The van der Waals surface area contributed by atoms with Crippen LogP contribution in [0.15, 0.2) is 22.8 Å². The van der Waals surface area contributed by atoms with Gasteiger partial charge < -0.3 is 19.5 Å². The molecule has 7 heteroatoms. The first-order chi connectivity index (χ1) is 11.6. The number of hydrogen-bond donors (Lipinski definition) is 1. The Hall–Kier alpha value is -2.31. The minimum absolute atomic E-state index is 0.0153. The Morgan fingerprint density at radius 1 is 1.12 bits per heavy atom. The monoisotopic (exact) mass is 335 g/mol. The zero-order chi connectivity index (χ0) is 17.5. The zero-order valence-electron chi connectivity index (χ0n) is 14.3. The van der Waals surface area contributed by atoms with Gasteiger partial charge in [0.15, 0.2) is 5.76 Å². The third-order valence-corrected chi connectivity index (χ3v) is 4.42. The Morgan fingerprint density at radius 2 is 1.75 bits per heavy atom. The molecule has 7 nitrogen and oxygen atoms in total. The first-order valence-corrected chi connectivity index (χ1v) is 8.45. The molecule has 0 aliphatic carbocycles. The van der Waals surface area contributed by atoms with Gasteiger partial charge in [-0.2, -0.15) is 0 Å². The maximum absolute atomic E-state index is 12.2. The number of carbonyl (C=O) groups is 3. The van der Waals surface area contributed by atoms with E-state index in [1.54, 1.807) is 21.9 Å². The lowest BCUT2D eigenvalue weighted by Crippen LogP contribution is -2.52. The standard InChI is InChI=1S/C17H25N3O4/c1-3-13(4-2)16(22)18-12-15(21)19-7-9-20(10-8-19)17(23)14-6-5-11-24-14/h5-6,11,13H,3-4,7-10,12H2,1-2H3,(H,18,22). The van der Waals surface area contributed by atoms with Crippen LogP contribution in [0.1, 0.15) is 37.2 Å². The Balaban J connectivity index is 1.76. The van der Waals surface area contributed by atoms with Crippen LogP contribution in [0, 0.1) is 5.92 Å². The lowest BCUT2D eigenvalue weighted by Gasteiger charge is -2.34. The van der Waals surface area contributed by atoms with Gasteiger partial charge in [-0.25, -0.2) is 0 Å². The number of furan rings is 1. The summed E-state index contributed by atoms with van der Waals surface area (Å²) in [6.45, 7) is 5.80. The molecule has 0 bridgehead atoms. The second-order valence-corrected chi connectivity index (χ2v) is 5.88. The van der Waals surface area contributed by atoms with Crippen molar-refractivity contribution >= 4 is 17.7 Å². The largest absolute Gasteiger partial charge is 0.459 e. The Kier molecular flexibility index (Phi) is 6.40. The molecule has 0 atom stereocenters. The van der Waals surface area contributed by atoms with Crippen LogP contribution in [0.5, 0.6) is 0 Å². The van der Waals surface area contributed by atoms with Gasteiger partial charge >= 0.3 is 0 Å². The van der Waals surface area contributed by atoms with Crippen molar-refractivity contribution in [1.29, 1.82) is 0 Å². The van der Waals surface area contributed by atoms with Crippen molar-refractivity contribution in [2.24, 2.45) is 5.92 Å². The summed E-state index contributed by atoms with van der Waals surface area (Å²) in [6.07, 6.45) is 3.00. The molecule has 2 heterocycles. The summed E-state index contributed by atoms with van der Waals surface area (Å²) < 4.78 is 5.11. The average molecular weight is 335 g/mol. The molecule has 1 aliphatic rings. The maximum atomic E-state index is 12.2. The molecule has 1 N–H and O–H groups in total. The number of hydrogen-bond acceptors (Lipinski definition) is 4. The average Bonchev–Trinajstić information content (AvgIpc) is 3.15. The topological polar surface area (TPSA) is 82.9 Å². The number of piperazine rings is 1. The molecule has 0 saturated carbocycles. The van der Waals surface area contributed by atoms with Crippen LogP contribution in [0.2, 0.25) is 0 Å². The van der Waals surface area contributed by atoms with Crippen LogP contribution in [-0.2, 0) is 9.59 Å². The van der Waals surface area contributed by atoms with Crippen LogP contribution in [0.3, 0.4) is 0 Å². The molecule has 1 aromatic rings. The van der Waals surface area contributed by atoms with Crippen LogP contribution >= 0.6 is 0 Å². The highest BCUT2D eigenvalue weighted by Gasteiger charge is 2.26. The fourth-order valence-electron chi connectivity index (χ4n) is 2.79. The highest BCUT2D eigenvalue weighted by molar-refractivity contribution is 5.91. The molecule has 2 rings (SSSR count). The van der Waals surface area contributed by atoms with E-state index in [4.69, 9.17) is 4.42 Å². The number of rotatable bonds is 6. The summed E-state index contributed by atoms with van der Waals surface area (Å²) in [4.78, 5) is 39.6. The number of amides is 3. The third-order valence-electron chi connectivity index (χ3n) is 4.42. The molecule has 0 spiro atoms. The first-order valence-electron chi connectivity index (χ1n) is 8.45.